The Hall–Kier alpha value is -3.16. The van der Waals surface area contributed by atoms with Crippen LogP contribution in [0.3, 0.4) is 0 Å². The molecular weight excluding hydrogens is 384 g/mol. The smallest absolute Gasteiger partial charge is 0.306 e. The number of carboxylic acids is 1. The van der Waals surface area contributed by atoms with E-state index < -0.39 is 5.97 Å². The van der Waals surface area contributed by atoms with Crippen molar-refractivity contribution in [3.63, 3.8) is 0 Å². The van der Waals surface area contributed by atoms with Crippen LogP contribution in [0.2, 0.25) is 0 Å². The molecule has 0 aliphatic heterocycles. The van der Waals surface area contributed by atoms with Crippen LogP contribution in [0.4, 0.5) is 0 Å². The zero-order chi connectivity index (χ0) is 21.4. The van der Waals surface area contributed by atoms with Crippen molar-refractivity contribution in [2.24, 2.45) is 13.0 Å². The molecule has 1 fully saturated rings. The molecule has 2 heterocycles. The lowest BCUT2D eigenvalue weighted by Gasteiger charge is -2.33. The van der Waals surface area contributed by atoms with E-state index in [1.54, 1.807) is 11.7 Å². The molecule has 3 aromatic rings. The summed E-state index contributed by atoms with van der Waals surface area (Å²) < 4.78 is 7.37. The normalized spacial score (nSPS) is 18.4. The first kappa shape index (κ1) is 20.1. The lowest BCUT2D eigenvalue weighted by molar-refractivity contribution is -0.145. The van der Waals surface area contributed by atoms with E-state index in [4.69, 9.17) is 14.8 Å². The molecule has 0 amide bonds. The maximum Gasteiger partial charge on any atom is 0.306 e. The highest BCUT2D eigenvalue weighted by Crippen LogP contribution is 2.43. The van der Waals surface area contributed by atoms with Gasteiger partial charge in [0.15, 0.2) is 5.52 Å². The summed E-state index contributed by atoms with van der Waals surface area (Å²) in [5.41, 5.74) is 3.38. The molecule has 0 unspecified atom stereocenters. The Morgan fingerprint density at radius 2 is 2.10 bits per heavy atom. The van der Waals surface area contributed by atoms with Crippen molar-refractivity contribution in [2.75, 3.05) is 6.61 Å². The standard InChI is InChI=1S/C22H26N4O4/c1-4-6-16-18-19(26(3)25-16)21(27)24-20(23-18)15-11-12(7-8-17(15)30-5-2)13-9-14(10-13)22(28)29/h7-8,11,13-14H,4-6,9-10H2,1-3H3,(H,28,29)(H,23,24,27). The molecule has 4 rings (SSSR count). The zero-order valence-electron chi connectivity index (χ0n) is 17.4. The van der Waals surface area contributed by atoms with Crippen LogP contribution in [-0.4, -0.2) is 37.4 Å². The molecule has 8 nitrogen and oxygen atoms in total. The second-order valence-electron chi connectivity index (χ2n) is 7.82. The third kappa shape index (κ3) is 3.46. The number of aliphatic carboxylic acids is 1. The average Bonchev–Trinajstić information content (AvgIpc) is 2.98. The molecule has 1 aliphatic rings. The molecule has 2 aromatic heterocycles. The monoisotopic (exact) mass is 410 g/mol. The Morgan fingerprint density at radius 3 is 2.77 bits per heavy atom. The number of hydrogen-bond donors (Lipinski definition) is 2. The van der Waals surface area contributed by atoms with E-state index in [-0.39, 0.29) is 17.4 Å². The number of hydrogen-bond acceptors (Lipinski definition) is 5. The number of aryl methyl sites for hydroxylation is 2. The summed E-state index contributed by atoms with van der Waals surface area (Å²) >= 11 is 0. The van der Waals surface area contributed by atoms with E-state index in [0.29, 0.717) is 47.6 Å². The van der Waals surface area contributed by atoms with Crippen molar-refractivity contribution in [3.8, 4) is 17.1 Å². The second-order valence-corrected chi connectivity index (χ2v) is 7.82. The number of aromatic nitrogens is 4. The van der Waals surface area contributed by atoms with E-state index in [2.05, 4.69) is 17.0 Å². The molecule has 0 spiro atoms. The molecule has 0 atom stereocenters. The van der Waals surface area contributed by atoms with E-state index in [9.17, 15) is 9.59 Å². The van der Waals surface area contributed by atoms with Gasteiger partial charge in [0.2, 0.25) is 0 Å². The quantitative estimate of drug-likeness (QED) is 0.619. The zero-order valence-corrected chi connectivity index (χ0v) is 17.4. The minimum atomic E-state index is -0.742. The van der Waals surface area contributed by atoms with Gasteiger partial charge in [0.1, 0.15) is 17.1 Å². The number of aromatic amines is 1. The van der Waals surface area contributed by atoms with E-state index in [1.165, 1.54) is 0 Å². The van der Waals surface area contributed by atoms with Crippen LogP contribution >= 0.6 is 0 Å². The van der Waals surface area contributed by atoms with Crippen LogP contribution in [0.5, 0.6) is 5.75 Å². The fourth-order valence-electron chi connectivity index (χ4n) is 4.14. The molecule has 1 saturated carbocycles. The molecule has 158 valence electrons. The van der Waals surface area contributed by atoms with Gasteiger partial charge in [0, 0.05) is 7.05 Å². The lowest BCUT2D eigenvalue weighted by atomic mass is 9.71. The molecule has 8 heteroatoms. The lowest BCUT2D eigenvalue weighted by Crippen LogP contribution is -2.28. The predicted molar refractivity (Wildman–Crippen MR) is 113 cm³/mol. The molecule has 0 radical (unpaired) electrons. The van der Waals surface area contributed by atoms with Crippen molar-refractivity contribution in [1.82, 2.24) is 19.7 Å². The number of fused-ring (bicyclic) bond motifs is 1. The number of carboxylic acid groups (broad SMARTS) is 1. The summed E-state index contributed by atoms with van der Waals surface area (Å²) in [6.45, 7) is 4.45. The summed E-state index contributed by atoms with van der Waals surface area (Å²) in [6, 6.07) is 5.82. The molecule has 30 heavy (non-hydrogen) atoms. The first-order valence-corrected chi connectivity index (χ1v) is 10.4. The third-order valence-corrected chi connectivity index (χ3v) is 5.77. The largest absolute Gasteiger partial charge is 0.493 e. The van der Waals surface area contributed by atoms with Gasteiger partial charge in [-0.2, -0.15) is 5.10 Å². The fraction of sp³-hybridized carbons (Fsp3) is 0.455. The van der Waals surface area contributed by atoms with Gasteiger partial charge in [-0.3, -0.25) is 14.3 Å². The summed E-state index contributed by atoms with van der Waals surface area (Å²) in [6.07, 6.45) is 2.89. The Labute approximate surface area is 173 Å². The first-order valence-electron chi connectivity index (χ1n) is 10.4. The Kier molecular flexibility index (Phi) is 5.32. The molecule has 1 aromatic carbocycles. The Morgan fingerprint density at radius 1 is 1.33 bits per heavy atom. The van der Waals surface area contributed by atoms with E-state index in [0.717, 1.165) is 24.1 Å². The van der Waals surface area contributed by atoms with Gasteiger partial charge in [0.05, 0.1) is 23.8 Å². The van der Waals surface area contributed by atoms with Gasteiger partial charge in [-0.15, -0.1) is 0 Å². The Bertz CT molecular complexity index is 1160. The van der Waals surface area contributed by atoms with Crippen LogP contribution in [-0.2, 0) is 18.3 Å². The number of carbonyl (C=O) groups is 1. The Balaban J connectivity index is 1.81. The summed E-state index contributed by atoms with van der Waals surface area (Å²) in [5.74, 6) is 0.237. The second kappa shape index (κ2) is 7.93. The van der Waals surface area contributed by atoms with Crippen molar-refractivity contribution in [3.05, 3.63) is 39.8 Å². The molecular formula is C22H26N4O4. The highest BCUT2D eigenvalue weighted by atomic mass is 16.5. The van der Waals surface area contributed by atoms with Crippen LogP contribution in [0.25, 0.3) is 22.4 Å². The maximum absolute atomic E-state index is 12.8. The average molecular weight is 410 g/mol. The van der Waals surface area contributed by atoms with E-state index >= 15 is 0 Å². The number of benzene rings is 1. The van der Waals surface area contributed by atoms with Gasteiger partial charge in [0.25, 0.3) is 5.56 Å². The number of ether oxygens (including phenoxy) is 1. The molecule has 1 aliphatic carbocycles. The van der Waals surface area contributed by atoms with Gasteiger partial charge >= 0.3 is 5.97 Å². The van der Waals surface area contributed by atoms with E-state index in [1.807, 2.05) is 25.1 Å². The van der Waals surface area contributed by atoms with Crippen molar-refractivity contribution in [1.29, 1.82) is 0 Å². The van der Waals surface area contributed by atoms with Gasteiger partial charge in [-0.05, 0) is 49.8 Å². The highest BCUT2D eigenvalue weighted by molar-refractivity contribution is 5.80. The fourth-order valence-corrected chi connectivity index (χ4v) is 4.14. The highest BCUT2D eigenvalue weighted by Gasteiger charge is 2.35. The molecule has 2 N–H and O–H groups in total. The SMILES string of the molecule is CCCc1nn(C)c2c(=O)[nH]c(-c3cc(C4CC(C(=O)O)C4)ccc3OCC)nc12. The van der Waals surface area contributed by atoms with Gasteiger partial charge < -0.3 is 14.8 Å². The summed E-state index contributed by atoms with van der Waals surface area (Å²) in [4.78, 5) is 31.6. The number of nitrogens with zero attached hydrogens (tertiary/aromatic N) is 3. The topological polar surface area (TPSA) is 110 Å². The minimum absolute atomic E-state index is 0.185. The number of nitrogens with one attached hydrogen (secondary N) is 1. The minimum Gasteiger partial charge on any atom is -0.493 e. The van der Waals surface area contributed by atoms with Crippen LogP contribution < -0.4 is 10.3 Å². The van der Waals surface area contributed by atoms with Crippen molar-refractivity contribution in [2.45, 2.75) is 45.4 Å². The van der Waals surface area contributed by atoms with Crippen molar-refractivity contribution >= 4 is 17.0 Å². The van der Waals surface area contributed by atoms with Crippen LogP contribution in [0.15, 0.2) is 23.0 Å². The van der Waals surface area contributed by atoms with Gasteiger partial charge in [-0.25, -0.2) is 4.98 Å². The summed E-state index contributed by atoms with van der Waals surface area (Å²) in [7, 11) is 1.75. The first-order chi connectivity index (χ1) is 14.4. The van der Waals surface area contributed by atoms with Crippen molar-refractivity contribution < 1.29 is 14.6 Å². The van der Waals surface area contributed by atoms with Gasteiger partial charge in [-0.1, -0.05) is 19.4 Å². The predicted octanol–water partition coefficient (Wildman–Crippen LogP) is 3.25. The van der Waals surface area contributed by atoms with Crippen LogP contribution in [0.1, 0.15) is 50.3 Å². The number of H-pyrrole nitrogens is 1. The van der Waals surface area contributed by atoms with Crippen LogP contribution in [0, 0.1) is 5.92 Å². The summed E-state index contributed by atoms with van der Waals surface area (Å²) in [5, 5.41) is 13.6. The third-order valence-electron chi connectivity index (χ3n) is 5.77. The molecule has 0 bridgehead atoms. The maximum atomic E-state index is 12.8. The molecule has 0 saturated heterocycles. The number of rotatable bonds is 7.